The first-order valence-corrected chi connectivity index (χ1v) is 8.65. The zero-order valence-corrected chi connectivity index (χ0v) is 14.1. The molecule has 0 aromatic carbocycles. The number of rotatable bonds is 7. The average molecular weight is 360 g/mol. The Labute approximate surface area is 130 Å². The summed E-state index contributed by atoms with van der Waals surface area (Å²) in [5, 5.41) is 0. The summed E-state index contributed by atoms with van der Waals surface area (Å²) in [6.07, 6.45) is 2.66. The Morgan fingerprint density at radius 3 is 2.80 bits per heavy atom. The predicted octanol–water partition coefficient (Wildman–Crippen LogP) is 4.12. The summed E-state index contributed by atoms with van der Waals surface area (Å²) in [7, 11) is 0. The molecule has 0 aliphatic rings. The van der Waals surface area contributed by atoms with Crippen LogP contribution in [-0.2, 0) is 0 Å². The van der Waals surface area contributed by atoms with Gasteiger partial charge in [0, 0.05) is 18.8 Å². The largest absolute Gasteiger partial charge is 0.456 e. The van der Waals surface area contributed by atoms with Gasteiger partial charge in [0.2, 0.25) is 11.0 Å². The number of fused-ring (bicyclic) bond motifs is 1. The molecule has 0 radical (unpaired) electrons. The van der Waals surface area contributed by atoms with E-state index in [-0.39, 0.29) is 11.0 Å². The number of halogens is 1. The summed E-state index contributed by atoms with van der Waals surface area (Å²) in [6.45, 7) is 5.90. The van der Waals surface area contributed by atoms with Gasteiger partial charge in [0.05, 0.1) is 10.5 Å². The summed E-state index contributed by atoms with van der Waals surface area (Å²) in [5.74, 6) is 2.79. The molecule has 0 fully saturated rings. The van der Waals surface area contributed by atoms with Crippen LogP contribution in [0.3, 0.4) is 0 Å². The molecule has 0 aliphatic heterocycles. The first-order valence-electron chi connectivity index (χ1n) is 6.70. The molecule has 2 heterocycles. The minimum atomic E-state index is -0.147. The maximum Gasteiger partial charge on any atom is 0.230 e. The lowest BCUT2D eigenvalue weighted by Crippen LogP contribution is -2.26. The van der Waals surface area contributed by atoms with Gasteiger partial charge in [-0.3, -0.25) is 4.79 Å². The van der Waals surface area contributed by atoms with Crippen LogP contribution < -0.4 is 10.3 Å². The van der Waals surface area contributed by atoms with Crippen molar-refractivity contribution in [3.63, 3.8) is 0 Å². The number of hydrogen-bond acceptors (Lipinski definition) is 5. The van der Waals surface area contributed by atoms with Crippen LogP contribution in [0.2, 0.25) is 0 Å². The molecule has 2 rings (SSSR count). The molecule has 0 amide bonds. The molecule has 0 bridgehead atoms. The van der Waals surface area contributed by atoms with E-state index in [1.807, 2.05) is 11.8 Å². The highest BCUT2D eigenvalue weighted by Crippen LogP contribution is 2.27. The zero-order chi connectivity index (χ0) is 14.5. The van der Waals surface area contributed by atoms with Gasteiger partial charge >= 0.3 is 0 Å². The summed E-state index contributed by atoms with van der Waals surface area (Å²) in [5.41, 5.74) is 0.593. The van der Waals surface area contributed by atoms with Gasteiger partial charge in [-0.05, 0) is 35.0 Å². The first-order chi connectivity index (χ1) is 9.67. The van der Waals surface area contributed by atoms with E-state index in [2.05, 4.69) is 34.7 Å². The highest BCUT2D eigenvalue weighted by atomic mass is 79.9. The van der Waals surface area contributed by atoms with Gasteiger partial charge in [-0.25, -0.2) is 0 Å². The molecule has 0 spiro atoms. The van der Waals surface area contributed by atoms with Crippen LogP contribution in [0.5, 0.6) is 0 Å². The van der Waals surface area contributed by atoms with Crippen molar-refractivity contribution in [3.05, 3.63) is 27.0 Å². The summed E-state index contributed by atoms with van der Waals surface area (Å²) in [4.78, 5) is 14.1. The minimum absolute atomic E-state index is 0.147. The highest BCUT2D eigenvalue weighted by molar-refractivity contribution is 9.10. The molecule has 0 saturated heterocycles. The fourth-order valence-electron chi connectivity index (χ4n) is 1.90. The molecule has 2 aromatic heterocycles. The van der Waals surface area contributed by atoms with Crippen LogP contribution in [0.25, 0.3) is 11.2 Å². The molecule has 6 heteroatoms. The molecule has 0 unspecified atom stereocenters. The second kappa shape index (κ2) is 7.22. The first kappa shape index (κ1) is 15.5. The van der Waals surface area contributed by atoms with E-state index in [1.165, 1.54) is 18.8 Å². The van der Waals surface area contributed by atoms with Crippen molar-refractivity contribution in [1.82, 2.24) is 0 Å². The lowest BCUT2D eigenvalue weighted by Gasteiger charge is -2.20. The third-order valence-corrected chi connectivity index (χ3v) is 4.65. The third kappa shape index (κ3) is 3.41. The van der Waals surface area contributed by atoms with Crippen LogP contribution in [-0.4, -0.2) is 24.6 Å². The summed E-state index contributed by atoms with van der Waals surface area (Å²) in [6, 6.07) is 1.51. The molecule has 4 nitrogen and oxygen atoms in total. The maximum atomic E-state index is 12.0. The normalized spacial score (nSPS) is 11.2. The number of hydrogen-bond donors (Lipinski definition) is 0. The highest BCUT2D eigenvalue weighted by Gasteiger charge is 2.15. The Morgan fingerprint density at radius 1 is 1.30 bits per heavy atom. The van der Waals surface area contributed by atoms with Crippen molar-refractivity contribution >= 4 is 44.7 Å². The van der Waals surface area contributed by atoms with Crippen LogP contribution >= 0.6 is 27.7 Å². The van der Waals surface area contributed by atoms with Crippen LogP contribution in [0.15, 0.2) is 30.4 Å². The monoisotopic (exact) mass is 359 g/mol. The molecule has 0 atom stereocenters. The van der Waals surface area contributed by atoms with E-state index in [0.717, 1.165) is 24.6 Å². The predicted molar refractivity (Wildman–Crippen MR) is 88.0 cm³/mol. The van der Waals surface area contributed by atoms with Crippen molar-refractivity contribution in [3.8, 4) is 0 Å². The van der Waals surface area contributed by atoms with Gasteiger partial charge in [0.1, 0.15) is 6.26 Å². The lowest BCUT2D eigenvalue weighted by molar-refractivity contribution is 0.564. The van der Waals surface area contributed by atoms with E-state index in [4.69, 9.17) is 8.83 Å². The Balaban J connectivity index is 2.21. The second-order valence-electron chi connectivity index (χ2n) is 4.38. The van der Waals surface area contributed by atoms with Gasteiger partial charge < -0.3 is 13.7 Å². The van der Waals surface area contributed by atoms with Crippen molar-refractivity contribution in [1.29, 1.82) is 0 Å². The third-order valence-electron chi connectivity index (χ3n) is 2.94. The molecule has 0 aliphatic carbocycles. The number of nitrogens with zero attached hydrogens (tertiary/aromatic N) is 1. The molecule has 110 valence electrons. The fourth-order valence-corrected chi connectivity index (χ4v) is 3.10. The molecule has 2 aromatic rings. The molecular formula is C14H18BrNO3S. The smallest absolute Gasteiger partial charge is 0.230 e. The van der Waals surface area contributed by atoms with Crippen molar-refractivity contribution in [2.24, 2.45) is 0 Å². The molecule has 0 N–H and O–H groups in total. The Morgan fingerprint density at radius 2 is 2.10 bits per heavy atom. The van der Waals surface area contributed by atoms with E-state index < -0.39 is 0 Å². The van der Waals surface area contributed by atoms with Crippen molar-refractivity contribution in [2.45, 2.75) is 20.3 Å². The standard InChI is InChI=1S/C14H18BrNO3S/c1-3-6-20-7-5-16(4-2)12-8-11(17)14-13(19-12)10(15)9-18-14/h8-9H,3-7H2,1-2H3. The molecular weight excluding hydrogens is 342 g/mol. The second-order valence-corrected chi connectivity index (χ2v) is 6.46. The van der Waals surface area contributed by atoms with Gasteiger partial charge in [-0.2, -0.15) is 11.8 Å². The number of anilines is 1. The van der Waals surface area contributed by atoms with Gasteiger partial charge in [-0.1, -0.05) is 6.92 Å². The van der Waals surface area contributed by atoms with E-state index in [0.29, 0.717) is 15.9 Å². The maximum absolute atomic E-state index is 12.0. The summed E-state index contributed by atoms with van der Waals surface area (Å²) < 4.78 is 11.7. The quantitative estimate of drug-likeness (QED) is 0.695. The topological polar surface area (TPSA) is 46.6 Å². The number of thioether (sulfide) groups is 1. The van der Waals surface area contributed by atoms with E-state index in [1.54, 1.807) is 0 Å². The van der Waals surface area contributed by atoms with Crippen molar-refractivity contribution < 1.29 is 8.83 Å². The van der Waals surface area contributed by atoms with Crippen molar-refractivity contribution in [2.75, 3.05) is 29.5 Å². The molecule has 20 heavy (non-hydrogen) atoms. The fraction of sp³-hybridized carbons (Fsp3) is 0.500. The summed E-state index contributed by atoms with van der Waals surface area (Å²) >= 11 is 5.25. The van der Waals surface area contributed by atoms with E-state index in [9.17, 15) is 4.79 Å². The zero-order valence-electron chi connectivity index (χ0n) is 11.6. The minimum Gasteiger partial charge on any atom is -0.456 e. The Hall–Kier alpha value is -0.880. The van der Waals surface area contributed by atoms with Gasteiger partial charge in [-0.15, -0.1) is 0 Å². The SMILES string of the molecule is CCCSCCN(CC)c1cc(=O)c2occ(Br)c2o1. The Kier molecular flexibility index (Phi) is 5.60. The number of furan rings is 1. The Bertz CT molecular complexity index is 622. The van der Waals surface area contributed by atoms with Crippen LogP contribution in [0.1, 0.15) is 20.3 Å². The van der Waals surface area contributed by atoms with Crippen LogP contribution in [0, 0.1) is 0 Å². The van der Waals surface area contributed by atoms with Gasteiger partial charge in [0.15, 0.2) is 11.5 Å². The van der Waals surface area contributed by atoms with Crippen LogP contribution in [0.4, 0.5) is 5.88 Å². The lowest BCUT2D eigenvalue weighted by atomic mass is 10.4. The van der Waals surface area contributed by atoms with Gasteiger partial charge in [0.25, 0.3) is 0 Å². The molecule has 0 saturated carbocycles. The average Bonchev–Trinajstić information content (AvgIpc) is 2.81. The van der Waals surface area contributed by atoms with E-state index >= 15 is 0 Å².